The van der Waals surface area contributed by atoms with Gasteiger partial charge in [-0.05, 0) is 78.4 Å². The Morgan fingerprint density at radius 1 is 0.811 bits per heavy atom. The summed E-state index contributed by atoms with van der Waals surface area (Å²) < 4.78 is 50.5. The van der Waals surface area contributed by atoms with Crippen molar-refractivity contribution < 1.29 is 22.3 Å². The Morgan fingerprint density at radius 2 is 1.43 bits per heavy atom. The SMILES string of the molecule is O=C(Oc1ccc(-c2cs/c(=N/S(=O)(=O)c3ccc(F)cc3)n2-c2ccccc2)cc1)c1ccccc1. The van der Waals surface area contributed by atoms with Crippen molar-refractivity contribution in [2.75, 3.05) is 0 Å². The monoisotopic (exact) mass is 530 g/mol. The number of sulfonamides is 1. The molecule has 5 aromatic rings. The zero-order valence-electron chi connectivity index (χ0n) is 19.2. The molecule has 0 saturated heterocycles. The molecule has 0 aliphatic heterocycles. The maximum atomic E-state index is 13.3. The predicted octanol–water partition coefficient (Wildman–Crippen LogP) is 5.85. The Labute approximate surface area is 216 Å². The molecule has 6 nitrogen and oxygen atoms in total. The number of thiazole rings is 1. The first kappa shape index (κ1) is 24.4. The molecule has 0 N–H and O–H groups in total. The molecule has 0 aliphatic carbocycles. The highest BCUT2D eigenvalue weighted by Gasteiger charge is 2.17. The number of carbonyl (C=O) groups is 1. The van der Waals surface area contributed by atoms with Gasteiger partial charge in [-0.15, -0.1) is 15.7 Å². The van der Waals surface area contributed by atoms with E-state index in [9.17, 15) is 17.6 Å². The topological polar surface area (TPSA) is 77.7 Å². The molecule has 0 atom stereocenters. The van der Waals surface area contributed by atoms with Gasteiger partial charge in [0.15, 0.2) is 0 Å². The maximum Gasteiger partial charge on any atom is 0.343 e. The molecule has 0 bridgehead atoms. The van der Waals surface area contributed by atoms with E-state index in [0.717, 1.165) is 29.0 Å². The van der Waals surface area contributed by atoms with Gasteiger partial charge in [-0.3, -0.25) is 4.57 Å². The van der Waals surface area contributed by atoms with Crippen LogP contribution in [-0.4, -0.2) is 19.0 Å². The molecule has 0 unspecified atom stereocenters. The summed E-state index contributed by atoms with van der Waals surface area (Å²) in [6.07, 6.45) is 0. The fourth-order valence-corrected chi connectivity index (χ4v) is 5.71. The van der Waals surface area contributed by atoms with Crippen LogP contribution in [-0.2, 0) is 10.0 Å². The number of ether oxygens (including phenoxy) is 1. The lowest BCUT2D eigenvalue weighted by atomic mass is 10.1. The summed E-state index contributed by atoms with van der Waals surface area (Å²) in [5, 5.41) is 1.80. The largest absolute Gasteiger partial charge is 0.423 e. The average molecular weight is 531 g/mol. The van der Waals surface area contributed by atoms with Crippen LogP contribution in [0.1, 0.15) is 10.4 Å². The highest BCUT2D eigenvalue weighted by atomic mass is 32.2. The molecule has 0 amide bonds. The van der Waals surface area contributed by atoms with E-state index in [1.54, 1.807) is 58.5 Å². The number of carbonyl (C=O) groups excluding carboxylic acids is 1. The van der Waals surface area contributed by atoms with Crippen LogP contribution in [0, 0.1) is 5.82 Å². The van der Waals surface area contributed by atoms with E-state index in [-0.39, 0.29) is 9.70 Å². The Balaban J connectivity index is 1.53. The number of benzene rings is 4. The molecule has 0 spiro atoms. The minimum absolute atomic E-state index is 0.104. The number of nitrogens with zero attached hydrogens (tertiary/aromatic N) is 2. The first-order valence-electron chi connectivity index (χ1n) is 11.1. The number of aromatic nitrogens is 1. The molecule has 1 heterocycles. The lowest BCUT2D eigenvalue weighted by Gasteiger charge is -2.10. The number of rotatable bonds is 6. The fourth-order valence-electron chi connectivity index (χ4n) is 3.60. The van der Waals surface area contributed by atoms with Crippen molar-refractivity contribution in [2.45, 2.75) is 4.90 Å². The lowest BCUT2D eigenvalue weighted by Crippen LogP contribution is -2.16. The van der Waals surface area contributed by atoms with Gasteiger partial charge in [0, 0.05) is 11.1 Å². The van der Waals surface area contributed by atoms with Crippen LogP contribution in [0.4, 0.5) is 4.39 Å². The number of hydrogen-bond acceptors (Lipinski definition) is 5. The van der Waals surface area contributed by atoms with Crippen LogP contribution in [0.3, 0.4) is 0 Å². The summed E-state index contributed by atoms with van der Waals surface area (Å²) in [5.41, 5.74) is 2.62. The van der Waals surface area contributed by atoms with E-state index in [1.807, 2.05) is 36.4 Å². The third-order valence-electron chi connectivity index (χ3n) is 5.40. The summed E-state index contributed by atoms with van der Waals surface area (Å²) in [4.78, 5) is 12.5. The molecule has 0 saturated carbocycles. The molecule has 184 valence electrons. The quantitative estimate of drug-likeness (QED) is 0.204. The first-order chi connectivity index (χ1) is 17.9. The van der Waals surface area contributed by atoms with Crippen molar-refractivity contribution in [1.82, 2.24) is 4.57 Å². The summed E-state index contributed by atoms with van der Waals surface area (Å²) in [6.45, 7) is 0. The predicted molar refractivity (Wildman–Crippen MR) is 140 cm³/mol. The fraction of sp³-hybridized carbons (Fsp3) is 0. The van der Waals surface area contributed by atoms with Gasteiger partial charge < -0.3 is 4.74 Å². The first-order valence-corrected chi connectivity index (χ1v) is 13.4. The van der Waals surface area contributed by atoms with Crippen molar-refractivity contribution in [3.05, 3.63) is 131 Å². The maximum absolute atomic E-state index is 13.3. The third-order valence-corrected chi connectivity index (χ3v) is 7.62. The third kappa shape index (κ3) is 5.42. The standard InChI is InChI=1S/C28H19FN2O4S2/c29-22-13-17-25(18-14-22)37(33,34)30-28-31(23-9-5-2-6-10-23)26(19-36-28)20-11-15-24(16-12-20)35-27(32)21-7-3-1-4-8-21/h1-19H/b30-28+. The second kappa shape index (κ2) is 10.3. The second-order valence-corrected chi connectivity index (χ2v) is 10.3. The second-order valence-electron chi connectivity index (χ2n) is 7.87. The number of esters is 1. The Bertz CT molecular complexity index is 1710. The van der Waals surface area contributed by atoms with Crippen LogP contribution >= 0.6 is 11.3 Å². The lowest BCUT2D eigenvalue weighted by molar-refractivity contribution is 0.0734. The molecular weight excluding hydrogens is 511 g/mol. The molecule has 5 rings (SSSR count). The van der Waals surface area contributed by atoms with Gasteiger partial charge in [-0.2, -0.15) is 8.42 Å². The molecular formula is C28H19FN2O4S2. The van der Waals surface area contributed by atoms with Gasteiger partial charge >= 0.3 is 5.97 Å². The van der Waals surface area contributed by atoms with E-state index in [0.29, 0.717) is 22.7 Å². The van der Waals surface area contributed by atoms with Crippen molar-refractivity contribution in [2.24, 2.45) is 4.40 Å². The van der Waals surface area contributed by atoms with Crippen molar-refractivity contribution in [3.8, 4) is 22.7 Å². The van der Waals surface area contributed by atoms with Gasteiger partial charge in [-0.25, -0.2) is 9.18 Å². The highest BCUT2D eigenvalue weighted by molar-refractivity contribution is 7.90. The number of para-hydroxylation sites is 1. The molecule has 37 heavy (non-hydrogen) atoms. The average Bonchev–Trinajstić information content (AvgIpc) is 3.33. The van der Waals surface area contributed by atoms with Crippen LogP contribution < -0.4 is 9.54 Å². The normalized spacial score (nSPS) is 11.9. The van der Waals surface area contributed by atoms with Gasteiger partial charge in [-0.1, -0.05) is 36.4 Å². The Morgan fingerprint density at radius 3 is 2.08 bits per heavy atom. The number of halogens is 1. The minimum atomic E-state index is -4.09. The van der Waals surface area contributed by atoms with E-state index in [2.05, 4.69) is 4.40 Å². The Hall–Kier alpha value is -4.34. The molecule has 0 radical (unpaired) electrons. The van der Waals surface area contributed by atoms with Gasteiger partial charge in [0.25, 0.3) is 10.0 Å². The molecule has 4 aromatic carbocycles. The van der Waals surface area contributed by atoms with E-state index >= 15 is 0 Å². The van der Waals surface area contributed by atoms with E-state index in [1.165, 1.54) is 12.1 Å². The summed E-state index contributed by atoms with van der Waals surface area (Å²) in [7, 11) is -4.09. The molecule has 1 aromatic heterocycles. The summed E-state index contributed by atoms with van der Waals surface area (Å²) >= 11 is 1.16. The zero-order valence-corrected chi connectivity index (χ0v) is 20.8. The molecule has 0 fully saturated rings. The van der Waals surface area contributed by atoms with Crippen LogP contribution in [0.5, 0.6) is 5.75 Å². The smallest absolute Gasteiger partial charge is 0.343 e. The summed E-state index contributed by atoms with van der Waals surface area (Å²) in [5.74, 6) is -0.618. The van der Waals surface area contributed by atoms with Crippen LogP contribution in [0.15, 0.2) is 124 Å². The summed E-state index contributed by atoms with van der Waals surface area (Å²) in [6, 6.07) is 29.4. The van der Waals surface area contributed by atoms with Gasteiger partial charge in [0.1, 0.15) is 11.6 Å². The number of hydrogen-bond donors (Lipinski definition) is 0. The van der Waals surface area contributed by atoms with Crippen LogP contribution in [0.25, 0.3) is 16.9 Å². The Kier molecular flexibility index (Phi) is 6.80. The van der Waals surface area contributed by atoms with Gasteiger partial charge in [0.05, 0.1) is 16.2 Å². The van der Waals surface area contributed by atoms with E-state index in [4.69, 9.17) is 4.74 Å². The van der Waals surface area contributed by atoms with Crippen molar-refractivity contribution in [3.63, 3.8) is 0 Å². The highest BCUT2D eigenvalue weighted by Crippen LogP contribution is 2.26. The minimum Gasteiger partial charge on any atom is -0.423 e. The van der Waals surface area contributed by atoms with Crippen molar-refractivity contribution >= 4 is 27.3 Å². The van der Waals surface area contributed by atoms with E-state index < -0.39 is 21.8 Å². The van der Waals surface area contributed by atoms with Crippen molar-refractivity contribution in [1.29, 1.82) is 0 Å². The van der Waals surface area contributed by atoms with Gasteiger partial charge in [0.2, 0.25) is 4.80 Å². The molecule has 9 heteroatoms. The zero-order chi connectivity index (χ0) is 25.8. The molecule has 0 aliphatic rings. The van der Waals surface area contributed by atoms with Crippen LogP contribution in [0.2, 0.25) is 0 Å².